The van der Waals surface area contributed by atoms with Crippen molar-refractivity contribution >= 4 is 0 Å². The smallest absolute Gasteiger partial charge is 0.0103 e. The third-order valence-corrected chi connectivity index (χ3v) is 4.52. The van der Waals surface area contributed by atoms with Gasteiger partial charge < -0.3 is 0 Å². The Kier molecular flexibility index (Phi) is 4.06. The molecular formula is C17H28. The molecule has 0 radical (unpaired) electrons. The summed E-state index contributed by atoms with van der Waals surface area (Å²) in [4.78, 5) is 0. The van der Waals surface area contributed by atoms with Gasteiger partial charge in [0.2, 0.25) is 0 Å². The summed E-state index contributed by atoms with van der Waals surface area (Å²) in [5.74, 6) is 0. The third kappa shape index (κ3) is 2.91. The van der Waals surface area contributed by atoms with Gasteiger partial charge in [0, 0.05) is 0 Å². The minimum Gasteiger partial charge on any atom is -0.0646 e. The van der Waals surface area contributed by atoms with Crippen molar-refractivity contribution in [3.05, 3.63) is 34.9 Å². The molecule has 0 heteroatoms. The number of rotatable bonds is 4. The van der Waals surface area contributed by atoms with E-state index in [4.69, 9.17) is 0 Å². The Morgan fingerprint density at radius 1 is 0.882 bits per heavy atom. The Labute approximate surface area is 107 Å². The van der Waals surface area contributed by atoms with E-state index in [9.17, 15) is 0 Å². The van der Waals surface area contributed by atoms with Crippen molar-refractivity contribution in [2.24, 2.45) is 0 Å². The minimum absolute atomic E-state index is 0.282. The lowest BCUT2D eigenvalue weighted by Crippen LogP contribution is -2.21. The van der Waals surface area contributed by atoms with Crippen LogP contribution in [0.25, 0.3) is 0 Å². The van der Waals surface area contributed by atoms with Gasteiger partial charge in [-0.1, -0.05) is 59.7 Å². The summed E-state index contributed by atoms with van der Waals surface area (Å²) >= 11 is 0. The van der Waals surface area contributed by atoms with Crippen LogP contribution in [0.2, 0.25) is 0 Å². The van der Waals surface area contributed by atoms with Gasteiger partial charge in [-0.3, -0.25) is 0 Å². The van der Waals surface area contributed by atoms with Crippen LogP contribution in [0, 0.1) is 6.92 Å². The molecule has 0 spiro atoms. The molecule has 0 bridgehead atoms. The largest absolute Gasteiger partial charge is 0.0646 e. The van der Waals surface area contributed by atoms with Crippen molar-refractivity contribution in [2.45, 2.75) is 72.1 Å². The van der Waals surface area contributed by atoms with Crippen LogP contribution < -0.4 is 0 Å². The molecule has 0 aliphatic heterocycles. The van der Waals surface area contributed by atoms with Gasteiger partial charge in [-0.2, -0.15) is 0 Å². The fourth-order valence-corrected chi connectivity index (χ4v) is 2.17. The van der Waals surface area contributed by atoms with Crippen LogP contribution in [0.4, 0.5) is 0 Å². The molecule has 17 heavy (non-hydrogen) atoms. The Bertz CT molecular complexity index is 383. The van der Waals surface area contributed by atoms with Gasteiger partial charge in [0.05, 0.1) is 0 Å². The molecule has 0 amide bonds. The van der Waals surface area contributed by atoms with Crippen molar-refractivity contribution in [3.63, 3.8) is 0 Å². The predicted molar refractivity (Wildman–Crippen MR) is 77.8 cm³/mol. The Morgan fingerprint density at radius 2 is 1.41 bits per heavy atom. The van der Waals surface area contributed by atoms with E-state index in [0.717, 1.165) is 0 Å². The van der Waals surface area contributed by atoms with Gasteiger partial charge in [-0.05, 0) is 47.3 Å². The summed E-state index contributed by atoms with van der Waals surface area (Å²) in [5, 5.41) is 0. The summed E-state index contributed by atoms with van der Waals surface area (Å²) in [5.41, 5.74) is 4.98. The van der Waals surface area contributed by atoms with E-state index in [1.165, 1.54) is 29.5 Å². The van der Waals surface area contributed by atoms with Gasteiger partial charge in [-0.25, -0.2) is 0 Å². The summed E-state index contributed by atoms with van der Waals surface area (Å²) in [6.07, 6.45) is 2.37. The van der Waals surface area contributed by atoms with Crippen LogP contribution in [-0.4, -0.2) is 0 Å². The second-order valence-electron chi connectivity index (χ2n) is 6.50. The highest BCUT2D eigenvalue weighted by molar-refractivity contribution is 5.38. The van der Waals surface area contributed by atoms with Crippen LogP contribution in [0.1, 0.15) is 71.1 Å². The first-order valence-electron chi connectivity index (χ1n) is 6.86. The third-order valence-electron chi connectivity index (χ3n) is 4.52. The Hall–Kier alpha value is -0.780. The fraction of sp³-hybridized carbons (Fsp3) is 0.647. The van der Waals surface area contributed by atoms with Gasteiger partial charge in [0.1, 0.15) is 0 Å². The first-order valence-corrected chi connectivity index (χ1v) is 6.86. The van der Waals surface area contributed by atoms with E-state index in [0.29, 0.717) is 0 Å². The maximum absolute atomic E-state index is 2.43. The van der Waals surface area contributed by atoms with Gasteiger partial charge in [0.15, 0.2) is 0 Å². The zero-order valence-corrected chi connectivity index (χ0v) is 12.6. The van der Waals surface area contributed by atoms with Crippen LogP contribution >= 0.6 is 0 Å². The fourth-order valence-electron chi connectivity index (χ4n) is 2.17. The van der Waals surface area contributed by atoms with Crippen LogP contribution in [0.5, 0.6) is 0 Å². The molecule has 0 saturated heterocycles. The first kappa shape index (κ1) is 14.3. The molecule has 0 N–H and O–H groups in total. The van der Waals surface area contributed by atoms with Crippen molar-refractivity contribution in [2.75, 3.05) is 0 Å². The van der Waals surface area contributed by atoms with Crippen molar-refractivity contribution < 1.29 is 0 Å². The molecule has 0 aliphatic rings. The molecule has 0 unspecified atom stereocenters. The highest BCUT2D eigenvalue weighted by atomic mass is 14.3. The maximum Gasteiger partial charge on any atom is -0.0103 e. The van der Waals surface area contributed by atoms with Crippen molar-refractivity contribution in [1.29, 1.82) is 0 Å². The molecule has 1 aromatic carbocycles. The standard InChI is InChI=1S/C17H28/c1-8-16(4,5)14-11-10-13(3)15(12-14)17(6,7)9-2/h10-12H,8-9H2,1-7H3. The van der Waals surface area contributed by atoms with E-state index in [-0.39, 0.29) is 10.8 Å². The quantitative estimate of drug-likeness (QED) is 0.654. The Morgan fingerprint density at radius 3 is 1.88 bits per heavy atom. The normalized spacial score (nSPS) is 12.9. The minimum atomic E-state index is 0.282. The van der Waals surface area contributed by atoms with E-state index in [1.807, 2.05) is 0 Å². The molecule has 1 rings (SSSR count). The van der Waals surface area contributed by atoms with Gasteiger partial charge in [0.25, 0.3) is 0 Å². The van der Waals surface area contributed by atoms with E-state index in [2.05, 4.69) is 66.7 Å². The molecule has 96 valence electrons. The van der Waals surface area contributed by atoms with E-state index >= 15 is 0 Å². The second kappa shape index (κ2) is 4.84. The van der Waals surface area contributed by atoms with E-state index in [1.54, 1.807) is 0 Å². The summed E-state index contributed by atoms with van der Waals surface area (Å²) < 4.78 is 0. The number of benzene rings is 1. The molecule has 0 aromatic heterocycles. The number of hydrogen-bond donors (Lipinski definition) is 0. The molecule has 0 atom stereocenters. The van der Waals surface area contributed by atoms with E-state index < -0.39 is 0 Å². The Balaban J connectivity index is 3.30. The second-order valence-corrected chi connectivity index (χ2v) is 6.50. The van der Waals surface area contributed by atoms with Crippen LogP contribution in [0.15, 0.2) is 18.2 Å². The lowest BCUT2D eigenvalue weighted by Gasteiger charge is -2.30. The summed E-state index contributed by atoms with van der Waals surface area (Å²) in [6.45, 7) is 16.1. The predicted octanol–water partition coefficient (Wildman–Crippen LogP) is 5.37. The van der Waals surface area contributed by atoms with Gasteiger partial charge in [-0.15, -0.1) is 0 Å². The van der Waals surface area contributed by atoms with Crippen LogP contribution in [-0.2, 0) is 10.8 Å². The number of hydrogen-bond acceptors (Lipinski definition) is 0. The molecule has 0 saturated carbocycles. The molecule has 1 aromatic rings. The van der Waals surface area contributed by atoms with Crippen molar-refractivity contribution in [1.82, 2.24) is 0 Å². The first-order chi connectivity index (χ1) is 7.74. The topological polar surface area (TPSA) is 0 Å². The summed E-state index contributed by atoms with van der Waals surface area (Å²) in [7, 11) is 0. The molecule has 0 nitrogen and oxygen atoms in total. The molecular weight excluding hydrogens is 204 g/mol. The van der Waals surface area contributed by atoms with Crippen LogP contribution in [0.3, 0.4) is 0 Å². The average molecular weight is 232 g/mol. The highest BCUT2D eigenvalue weighted by Crippen LogP contribution is 2.34. The monoisotopic (exact) mass is 232 g/mol. The van der Waals surface area contributed by atoms with Crippen molar-refractivity contribution in [3.8, 4) is 0 Å². The number of aryl methyl sites for hydroxylation is 1. The highest BCUT2D eigenvalue weighted by Gasteiger charge is 2.24. The lowest BCUT2D eigenvalue weighted by molar-refractivity contribution is 0.486. The lowest BCUT2D eigenvalue weighted by atomic mass is 9.75. The molecule has 0 fully saturated rings. The SMILES string of the molecule is CCC(C)(C)c1ccc(C)c(C(C)(C)CC)c1. The summed E-state index contributed by atoms with van der Waals surface area (Å²) in [6, 6.07) is 7.02. The zero-order valence-electron chi connectivity index (χ0n) is 12.6. The van der Waals surface area contributed by atoms with Gasteiger partial charge >= 0.3 is 0 Å². The average Bonchev–Trinajstić information content (AvgIpc) is 2.29. The maximum atomic E-state index is 2.43. The molecule has 0 aliphatic carbocycles. The zero-order chi connectivity index (χ0) is 13.3. The molecule has 0 heterocycles.